The van der Waals surface area contributed by atoms with Crippen LogP contribution in [0.4, 0.5) is 14.9 Å². The Labute approximate surface area is 150 Å². The third-order valence-corrected chi connectivity index (χ3v) is 4.67. The summed E-state index contributed by atoms with van der Waals surface area (Å²) in [6.07, 6.45) is 0.841. The van der Waals surface area contributed by atoms with E-state index >= 15 is 0 Å². The number of likely N-dealkylation sites (tertiary alicyclic amines) is 1. The van der Waals surface area contributed by atoms with Crippen LogP contribution in [0.5, 0.6) is 5.75 Å². The van der Waals surface area contributed by atoms with Crippen LogP contribution in [-0.2, 0) is 0 Å². The number of nitrogens with one attached hydrogen (secondary N) is 2. The highest BCUT2D eigenvalue weighted by Gasteiger charge is 2.29. The molecule has 2 amide bonds. The van der Waals surface area contributed by atoms with Crippen molar-refractivity contribution in [2.24, 2.45) is 0 Å². The quantitative estimate of drug-likeness (QED) is 0.753. The summed E-state index contributed by atoms with van der Waals surface area (Å²) < 4.78 is 18.2. The minimum Gasteiger partial charge on any atom is -0.497 e. The fourth-order valence-electron chi connectivity index (χ4n) is 3.23. The van der Waals surface area contributed by atoms with Gasteiger partial charge in [0.05, 0.1) is 18.1 Å². The van der Waals surface area contributed by atoms with Gasteiger partial charge in [0, 0.05) is 30.8 Å². The minimum absolute atomic E-state index is 0.160. The average molecular weight is 354 g/mol. The topological polar surface area (TPSA) is 70.2 Å². The second-order valence-electron chi connectivity index (χ2n) is 6.37. The number of halogens is 1. The van der Waals surface area contributed by atoms with Gasteiger partial charge in [-0.2, -0.15) is 0 Å². The van der Waals surface area contributed by atoms with Gasteiger partial charge >= 0.3 is 6.03 Å². The van der Waals surface area contributed by atoms with Crippen molar-refractivity contribution in [2.75, 3.05) is 25.5 Å². The van der Waals surface area contributed by atoms with Crippen LogP contribution >= 0.6 is 0 Å². The zero-order chi connectivity index (χ0) is 18.1. The molecule has 3 aromatic rings. The number of ether oxygens (including phenoxy) is 1. The smallest absolute Gasteiger partial charge is 0.321 e. The summed E-state index contributed by atoms with van der Waals surface area (Å²) in [6, 6.07) is 11.3. The van der Waals surface area contributed by atoms with Crippen molar-refractivity contribution in [2.45, 2.75) is 12.3 Å². The molecule has 0 radical (unpaired) electrons. The molecule has 26 heavy (non-hydrogen) atoms. The number of rotatable bonds is 3. The largest absolute Gasteiger partial charge is 0.497 e. The molecule has 0 spiro atoms. The van der Waals surface area contributed by atoms with Crippen molar-refractivity contribution in [3.8, 4) is 5.75 Å². The molecule has 0 saturated carbocycles. The monoisotopic (exact) mass is 354 g/mol. The maximum Gasteiger partial charge on any atom is 0.321 e. The molecule has 1 aromatic heterocycles. The van der Waals surface area contributed by atoms with Gasteiger partial charge in [0.1, 0.15) is 17.4 Å². The van der Waals surface area contributed by atoms with Crippen LogP contribution in [0.15, 0.2) is 42.5 Å². The zero-order valence-corrected chi connectivity index (χ0v) is 14.3. The summed E-state index contributed by atoms with van der Waals surface area (Å²) >= 11 is 0. The van der Waals surface area contributed by atoms with Crippen LogP contribution in [-0.4, -0.2) is 41.1 Å². The lowest BCUT2D eigenvalue weighted by atomic mass is 10.1. The van der Waals surface area contributed by atoms with Crippen molar-refractivity contribution in [3.05, 3.63) is 54.1 Å². The van der Waals surface area contributed by atoms with Crippen LogP contribution in [0.2, 0.25) is 0 Å². The maximum atomic E-state index is 13.0. The molecule has 2 aromatic carbocycles. The van der Waals surface area contributed by atoms with Crippen molar-refractivity contribution in [1.29, 1.82) is 0 Å². The van der Waals surface area contributed by atoms with E-state index in [1.54, 1.807) is 24.1 Å². The van der Waals surface area contributed by atoms with E-state index in [0.717, 1.165) is 29.0 Å². The molecule has 0 aliphatic carbocycles. The Hall–Kier alpha value is -3.09. The molecule has 4 rings (SSSR count). The third kappa shape index (κ3) is 3.20. The molecule has 1 atom stereocenters. The van der Waals surface area contributed by atoms with Crippen molar-refractivity contribution < 1.29 is 13.9 Å². The summed E-state index contributed by atoms with van der Waals surface area (Å²) in [5.41, 5.74) is 2.39. The number of imidazole rings is 1. The van der Waals surface area contributed by atoms with Gasteiger partial charge in [-0.05, 0) is 42.8 Å². The number of hydrogen-bond acceptors (Lipinski definition) is 3. The first-order valence-corrected chi connectivity index (χ1v) is 8.47. The van der Waals surface area contributed by atoms with Gasteiger partial charge in [-0.25, -0.2) is 14.2 Å². The number of amides is 2. The van der Waals surface area contributed by atoms with Crippen LogP contribution in [0.3, 0.4) is 0 Å². The van der Waals surface area contributed by atoms with E-state index < -0.39 is 0 Å². The number of carbonyl (C=O) groups is 1. The molecule has 7 heteroatoms. The van der Waals surface area contributed by atoms with Crippen LogP contribution in [0.1, 0.15) is 18.2 Å². The van der Waals surface area contributed by atoms with Gasteiger partial charge in [0.2, 0.25) is 0 Å². The number of aromatic amines is 1. The second kappa shape index (κ2) is 6.67. The highest BCUT2D eigenvalue weighted by Crippen LogP contribution is 2.28. The lowest BCUT2D eigenvalue weighted by Gasteiger charge is -2.17. The summed E-state index contributed by atoms with van der Waals surface area (Å²) in [4.78, 5) is 22.1. The number of hydrogen-bond donors (Lipinski definition) is 2. The first-order valence-electron chi connectivity index (χ1n) is 8.47. The standard InChI is InChI=1S/C19H19FN4O2/c1-26-15-6-7-16-17(10-15)23-18(22-16)12-8-9-24(11-12)19(25)21-14-4-2-13(20)3-5-14/h2-7,10,12H,8-9,11H2,1H3,(H,21,25)(H,22,23)/t12-/m0/s1. The van der Waals surface area contributed by atoms with E-state index in [4.69, 9.17) is 4.74 Å². The Morgan fingerprint density at radius 3 is 2.88 bits per heavy atom. The van der Waals surface area contributed by atoms with Gasteiger partial charge in [-0.3, -0.25) is 0 Å². The summed E-state index contributed by atoms with van der Waals surface area (Å²) in [6.45, 7) is 1.24. The zero-order valence-electron chi connectivity index (χ0n) is 14.3. The van der Waals surface area contributed by atoms with Crippen LogP contribution in [0.25, 0.3) is 11.0 Å². The number of methoxy groups -OCH3 is 1. The predicted octanol–water partition coefficient (Wildman–Crippen LogP) is 3.73. The first kappa shape index (κ1) is 16.4. The van der Waals surface area contributed by atoms with E-state index in [1.807, 2.05) is 18.2 Å². The summed E-state index contributed by atoms with van der Waals surface area (Å²) in [5, 5.41) is 2.80. The van der Waals surface area contributed by atoms with Crippen LogP contribution < -0.4 is 10.1 Å². The van der Waals surface area contributed by atoms with Gasteiger partial charge in [0.25, 0.3) is 0 Å². The SMILES string of the molecule is COc1ccc2nc([C@H]3CCN(C(=O)Nc4ccc(F)cc4)C3)[nH]c2c1. The highest BCUT2D eigenvalue weighted by atomic mass is 19.1. The number of urea groups is 1. The van der Waals surface area contributed by atoms with E-state index in [-0.39, 0.29) is 17.8 Å². The van der Waals surface area contributed by atoms with E-state index in [9.17, 15) is 9.18 Å². The van der Waals surface area contributed by atoms with Gasteiger partial charge < -0.3 is 19.9 Å². The molecule has 0 unspecified atom stereocenters. The van der Waals surface area contributed by atoms with Crippen molar-refractivity contribution in [3.63, 3.8) is 0 Å². The Balaban J connectivity index is 1.44. The number of benzene rings is 2. The molecule has 2 N–H and O–H groups in total. The summed E-state index contributed by atoms with van der Waals surface area (Å²) in [7, 11) is 1.63. The number of nitrogens with zero attached hydrogens (tertiary/aromatic N) is 2. The lowest BCUT2D eigenvalue weighted by Crippen LogP contribution is -2.32. The van der Waals surface area contributed by atoms with Gasteiger partial charge in [-0.15, -0.1) is 0 Å². The molecular weight excluding hydrogens is 335 g/mol. The van der Waals surface area contributed by atoms with Gasteiger partial charge in [-0.1, -0.05) is 0 Å². The first-order chi connectivity index (χ1) is 12.6. The fourth-order valence-corrected chi connectivity index (χ4v) is 3.23. The number of fused-ring (bicyclic) bond motifs is 1. The van der Waals surface area contributed by atoms with E-state index in [1.165, 1.54) is 12.1 Å². The molecule has 6 nitrogen and oxygen atoms in total. The lowest BCUT2D eigenvalue weighted by molar-refractivity contribution is 0.222. The molecule has 1 aliphatic heterocycles. The van der Waals surface area contributed by atoms with E-state index in [2.05, 4.69) is 15.3 Å². The number of anilines is 1. The number of aromatic nitrogens is 2. The molecular formula is C19H19FN4O2. The Morgan fingerprint density at radius 2 is 2.12 bits per heavy atom. The van der Waals surface area contributed by atoms with Crippen molar-refractivity contribution in [1.82, 2.24) is 14.9 Å². The Kier molecular flexibility index (Phi) is 4.20. The van der Waals surface area contributed by atoms with Crippen LogP contribution in [0, 0.1) is 5.82 Å². The third-order valence-electron chi connectivity index (χ3n) is 4.67. The molecule has 1 aliphatic rings. The Morgan fingerprint density at radius 1 is 1.31 bits per heavy atom. The fraction of sp³-hybridized carbons (Fsp3) is 0.263. The molecule has 1 fully saturated rings. The van der Waals surface area contributed by atoms with Gasteiger partial charge in [0.15, 0.2) is 0 Å². The molecule has 0 bridgehead atoms. The second-order valence-corrected chi connectivity index (χ2v) is 6.37. The predicted molar refractivity (Wildman–Crippen MR) is 97.0 cm³/mol. The number of H-pyrrole nitrogens is 1. The summed E-state index contributed by atoms with van der Waals surface area (Å²) in [5.74, 6) is 1.49. The Bertz CT molecular complexity index is 938. The molecule has 1 saturated heterocycles. The number of carbonyl (C=O) groups excluding carboxylic acids is 1. The molecule has 134 valence electrons. The molecule has 2 heterocycles. The maximum absolute atomic E-state index is 13.0. The highest BCUT2D eigenvalue weighted by molar-refractivity contribution is 5.89. The minimum atomic E-state index is -0.328. The van der Waals surface area contributed by atoms with Crippen molar-refractivity contribution >= 4 is 22.8 Å². The average Bonchev–Trinajstić information content (AvgIpc) is 3.29. The normalized spacial score (nSPS) is 16.8. The van der Waals surface area contributed by atoms with E-state index in [0.29, 0.717) is 18.8 Å².